The normalized spacial score (nSPS) is 12.4. The van der Waals surface area contributed by atoms with Crippen LogP contribution >= 0.6 is 0 Å². The van der Waals surface area contributed by atoms with Gasteiger partial charge in [-0.25, -0.2) is 4.90 Å². The molecule has 0 bridgehead atoms. The van der Waals surface area contributed by atoms with Crippen LogP contribution in [0.5, 0.6) is 0 Å². The van der Waals surface area contributed by atoms with Crippen molar-refractivity contribution in [3.05, 3.63) is 203 Å². The van der Waals surface area contributed by atoms with Gasteiger partial charge in [0.05, 0.1) is 50.2 Å². The summed E-state index contributed by atoms with van der Waals surface area (Å²) in [6.45, 7) is 1.48. The van der Waals surface area contributed by atoms with Crippen LogP contribution < -0.4 is 4.90 Å². The molecule has 1 heterocycles. The lowest BCUT2D eigenvalue weighted by atomic mass is 9.96. The number of halogens is 12. The second-order valence-electron chi connectivity index (χ2n) is 16.6. The van der Waals surface area contributed by atoms with Gasteiger partial charge in [0.25, 0.3) is 5.91 Å². The van der Waals surface area contributed by atoms with Crippen molar-refractivity contribution in [2.24, 2.45) is 0 Å². The fraction of sp³-hybridized carbons (Fsp3) is 0.0909. The van der Waals surface area contributed by atoms with Crippen molar-refractivity contribution in [3.8, 4) is 50.2 Å². The molecule has 4 nitrogen and oxygen atoms in total. The summed E-state index contributed by atoms with van der Waals surface area (Å²) in [5, 5.41) is 0.145. The molecule has 0 atom stereocenters. The van der Waals surface area contributed by atoms with Crippen molar-refractivity contribution >= 4 is 39.8 Å². The van der Waals surface area contributed by atoms with Crippen LogP contribution in [0.2, 0.25) is 0 Å². The third-order valence-electron chi connectivity index (χ3n) is 12.0. The largest absolute Gasteiger partial charge is 0.416 e. The van der Waals surface area contributed by atoms with E-state index in [1.807, 2.05) is 30.3 Å². The maximum absolute atomic E-state index is 15.4. The molecule has 9 rings (SSSR count). The number of carbonyl (C=O) groups excluding carboxylic acids is 2. The van der Waals surface area contributed by atoms with Crippen LogP contribution in [0.3, 0.4) is 0 Å². The summed E-state index contributed by atoms with van der Waals surface area (Å²) in [5.74, 6) is -1.00. The van der Waals surface area contributed by atoms with E-state index in [9.17, 15) is 57.5 Å². The van der Waals surface area contributed by atoms with E-state index < -0.39 is 64.0 Å². The highest BCUT2D eigenvalue weighted by molar-refractivity contribution is 6.21. The van der Waals surface area contributed by atoms with E-state index in [1.165, 1.54) is 66.1 Å². The lowest BCUT2D eigenvalue weighted by Gasteiger charge is -2.23. The van der Waals surface area contributed by atoms with Gasteiger partial charge in [-0.15, -0.1) is 0 Å². The Balaban J connectivity index is 1.39. The van der Waals surface area contributed by atoms with Gasteiger partial charge in [-0.3, -0.25) is 9.59 Å². The summed E-state index contributed by atoms with van der Waals surface area (Å²) >= 11 is 0. The van der Waals surface area contributed by atoms with E-state index in [-0.39, 0.29) is 74.0 Å². The van der Waals surface area contributed by atoms with Crippen LogP contribution in [0.4, 0.5) is 58.4 Å². The topological polar surface area (TPSA) is 42.3 Å². The molecule has 0 N–H and O–H groups in total. The van der Waals surface area contributed by atoms with Gasteiger partial charge in [0.1, 0.15) is 0 Å². The lowest BCUT2D eigenvalue weighted by Crippen LogP contribution is -2.31. The molecule has 0 aliphatic heterocycles. The molecule has 1 aromatic heterocycles. The predicted octanol–water partition coefficient (Wildman–Crippen LogP) is 16.6. The van der Waals surface area contributed by atoms with Crippen LogP contribution in [0, 0.1) is 6.92 Å². The highest BCUT2D eigenvalue weighted by Crippen LogP contribution is 2.47. The molecule has 0 radical (unpaired) electrons. The zero-order chi connectivity index (χ0) is 50.8. The summed E-state index contributed by atoms with van der Waals surface area (Å²) in [6, 6.07) is 36.9. The molecular weight excluding hydrogens is 949 g/mol. The second-order valence-corrected chi connectivity index (χ2v) is 16.6. The maximum Gasteiger partial charge on any atom is 0.416 e. The minimum atomic E-state index is -5.30. The molecule has 8 aromatic carbocycles. The maximum atomic E-state index is 15.4. The summed E-state index contributed by atoms with van der Waals surface area (Å²) in [5.41, 5.74) is -6.53. The molecule has 358 valence electrons. The van der Waals surface area contributed by atoms with Crippen molar-refractivity contribution in [1.29, 1.82) is 0 Å². The highest BCUT2D eigenvalue weighted by atomic mass is 19.4. The predicted molar refractivity (Wildman–Crippen MR) is 247 cm³/mol. The van der Waals surface area contributed by atoms with Crippen molar-refractivity contribution in [2.75, 3.05) is 4.90 Å². The van der Waals surface area contributed by atoms with Gasteiger partial charge in [0.15, 0.2) is 0 Å². The minimum Gasteiger partial charge on any atom is -0.307 e. The number of carbonyl (C=O) groups is 2. The van der Waals surface area contributed by atoms with Crippen molar-refractivity contribution in [3.63, 3.8) is 0 Å². The second kappa shape index (κ2) is 17.7. The Bertz CT molecular complexity index is 3280. The molecule has 0 unspecified atom stereocenters. The molecular formula is C55H32F12N2O2. The molecule has 71 heavy (non-hydrogen) atoms. The number of aromatic nitrogens is 1. The number of aryl methyl sites for hydroxylation is 1. The molecule has 0 saturated carbocycles. The first-order valence-corrected chi connectivity index (χ1v) is 21.3. The molecule has 16 heteroatoms. The fourth-order valence-electron chi connectivity index (χ4n) is 8.85. The monoisotopic (exact) mass is 980 g/mol. The average Bonchev–Trinajstić information content (AvgIpc) is 3.68. The van der Waals surface area contributed by atoms with E-state index in [4.69, 9.17) is 0 Å². The molecule has 0 aliphatic carbocycles. The van der Waals surface area contributed by atoms with Gasteiger partial charge in [-0.1, -0.05) is 109 Å². The van der Waals surface area contributed by atoms with Crippen molar-refractivity contribution in [2.45, 2.75) is 31.6 Å². The Kier molecular flexibility index (Phi) is 11.9. The van der Waals surface area contributed by atoms with Gasteiger partial charge < -0.3 is 4.57 Å². The van der Waals surface area contributed by atoms with Crippen molar-refractivity contribution < 1.29 is 62.3 Å². The number of rotatable bonds is 8. The number of hydrogen-bond donors (Lipinski definition) is 0. The van der Waals surface area contributed by atoms with Gasteiger partial charge >= 0.3 is 24.7 Å². The lowest BCUT2D eigenvalue weighted by molar-refractivity contribution is -0.144. The van der Waals surface area contributed by atoms with Gasteiger partial charge in [-0.05, 0) is 107 Å². The fourth-order valence-corrected chi connectivity index (χ4v) is 8.85. The molecule has 2 amide bonds. The number of alkyl halides is 12. The first kappa shape index (κ1) is 47.9. The summed E-state index contributed by atoms with van der Waals surface area (Å²) < 4.78 is 174. The zero-order valence-corrected chi connectivity index (χ0v) is 36.5. The Morgan fingerprint density at radius 2 is 0.831 bits per heavy atom. The Labute approximate surface area is 395 Å². The molecule has 0 spiro atoms. The smallest absolute Gasteiger partial charge is 0.307 e. The van der Waals surface area contributed by atoms with E-state index >= 15 is 4.79 Å². The number of amides is 2. The van der Waals surface area contributed by atoms with E-state index in [2.05, 4.69) is 0 Å². The highest BCUT2D eigenvalue weighted by Gasteiger charge is 2.39. The molecule has 0 fully saturated rings. The number of imide groups is 1. The minimum absolute atomic E-state index is 0.0650. The average molecular weight is 981 g/mol. The number of fused-ring (bicyclic) bond motifs is 3. The van der Waals surface area contributed by atoms with Gasteiger partial charge in [0.2, 0.25) is 6.41 Å². The first-order chi connectivity index (χ1) is 33.5. The summed E-state index contributed by atoms with van der Waals surface area (Å²) in [7, 11) is 0. The third-order valence-corrected chi connectivity index (χ3v) is 12.0. The third kappa shape index (κ3) is 9.12. The van der Waals surface area contributed by atoms with Crippen LogP contribution in [-0.4, -0.2) is 16.9 Å². The number of anilines is 1. The summed E-state index contributed by atoms with van der Waals surface area (Å²) in [6.07, 6.45) is -20.9. The number of hydrogen-bond acceptors (Lipinski definition) is 2. The molecule has 0 aliphatic rings. The number of para-hydroxylation sites is 2. The van der Waals surface area contributed by atoms with Crippen LogP contribution in [-0.2, 0) is 29.5 Å². The molecule has 9 aromatic rings. The Morgan fingerprint density at radius 3 is 1.21 bits per heavy atom. The molecule has 0 saturated heterocycles. The first-order valence-electron chi connectivity index (χ1n) is 21.3. The van der Waals surface area contributed by atoms with E-state index in [0.29, 0.717) is 46.5 Å². The van der Waals surface area contributed by atoms with Gasteiger partial charge in [-0.2, -0.15) is 52.7 Å². The Morgan fingerprint density at radius 1 is 0.437 bits per heavy atom. The van der Waals surface area contributed by atoms with Crippen molar-refractivity contribution in [1.82, 2.24) is 4.57 Å². The van der Waals surface area contributed by atoms with E-state index in [0.717, 1.165) is 4.90 Å². The van der Waals surface area contributed by atoms with Crippen LogP contribution in [0.1, 0.15) is 38.2 Å². The quantitative estimate of drug-likeness (QED) is 0.112. The SMILES string of the molecule is Cc1cccc(-n2c3c(-c4cc(C(F)(F)F)cc(C(F)(F)F)c4)cccc3c3cccc(-c4cc(C(F)(F)F)cc(C(F)(F)F)c4)c32)c1C(=O)N(C=O)c1cc(-c2ccccc2)cc(-c2ccccc2)c1. The number of nitrogens with zero attached hydrogens (tertiary/aromatic N) is 2. The number of benzene rings is 8. The standard InChI is InChI=1S/C55H32F12N2O2/c1-31-11-8-20-47(48(31)51(71)68(30-70)42-26-34(32-12-4-2-5-13-32)21-35(27-42)33-14-6-3-7-15-33)69-49-43(36-22-38(52(56,57)58)28-39(23-36)53(59,60)61)16-9-18-45(49)46-19-10-17-44(50(46)69)37-24-40(54(62,63)64)29-41(25-37)55(65,66)67/h2-30H,1H3. The van der Waals surface area contributed by atoms with Gasteiger partial charge in [0, 0.05) is 21.9 Å². The van der Waals surface area contributed by atoms with Crippen LogP contribution in [0.25, 0.3) is 72.0 Å². The Hall–Kier alpha value is -8.14. The summed E-state index contributed by atoms with van der Waals surface area (Å²) in [4.78, 5) is 29.6. The zero-order valence-electron chi connectivity index (χ0n) is 36.5. The van der Waals surface area contributed by atoms with E-state index in [1.54, 1.807) is 48.5 Å². The van der Waals surface area contributed by atoms with Crippen LogP contribution in [0.15, 0.2) is 170 Å².